The maximum absolute atomic E-state index is 13.2. The van der Waals surface area contributed by atoms with Crippen molar-refractivity contribution in [2.75, 3.05) is 20.2 Å². The SMILES string of the molecule is COC(=O)[C@H](NC(=O)N1CCC(n2c(=O)[nH]c3ccccc32)CC1)[C@@H](C)c1c[nH]c2ccccc12. The summed E-state index contributed by atoms with van der Waals surface area (Å²) < 4.78 is 6.82. The lowest BCUT2D eigenvalue weighted by molar-refractivity contribution is -0.143. The van der Waals surface area contributed by atoms with Crippen LogP contribution in [0.25, 0.3) is 21.9 Å². The van der Waals surface area contributed by atoms with Crippen molar-refractivity contribution in [1.29, 1.82) is 0 Å². The van der Waals surface area contributed by atoms with Crippen molar-refractivity contribution in [3.05, 3.63) is 70.8 Å². The Morgan fingerprint density at radius 3 is 2.49 bits per heavy atom. The number of hydrogen-bond donors (Lipinski definition) is 3. The van der Waals surface area contributed by atoms with Gasteiger partial charge in [-0.3, -0.25) is 4.57 Å². The van der Waals surface area contributed by atoms with E-state index in [9.17, 15) is 14.4 Å². The van der Waals surface area contributed by atoms with Gasteiger partial charge in [-0.05, 0) is 36.6 Å². The third-order valence-electron chi connectivity index (χ3n) is 7.09. The van der Waals surface area contributed by atoms with Crippen LogP contribution in [0.4, 0.5) is 4.79 Å². The van der Waals surface area contributed by atoms with Crippen LogP contribution in [0.2, 0.25) is 0 Å². The van der Waals surface area contributed by atoms with Crippen LogP contribution < -0.4 is 11.0 Å². The van der Waals surface area contributed by atoms with Crippen LogP contribution in [0.5, 0.6) is 0 Å². The van der Waals surface area contributed by atoms with Crippen LogP contribution >= 0.6 is 0 Å². The van der Waals surface area contributed by atoms with Crippen molar-refractivity contribution in [1.82, 2.24) is 24.8 Å². The van der Waals surface area contributed by atoms with Gasteiger partial charge in [0, 0.05) is 42.1 Å². The number of aromatic nitrogens is 3. The lowest BCUT2D eigenvalue weighted by Crippen LogP contribution is -2.52. The van der Waals surface area contributed by atoms with Crippen molar-refractivity contribution in [3.8, 4) is 0 Å². The van der Waals surface area contributed by atoms with E-state index in [-0.39, 0.29) is 23.7 Å². The van der Waals surface area contributed by atoms with E-state index in [2.05, 4.69) is 15.3 Å². The lowest BCUT2D eigenvalue weighted by atomic mass is 9.93. The Morgan fingerprint density at radius 2 is 1.74 bits per heavy atom. The van der Waals surface area contributed by atoms with Gasteiger partial charge >= 0.3 is 17.7 Å². The Balaban J connectivity index is 1.29. The number of benzene rings is 2. The van der Waals surface area contributed by atoms with E-state index in [4.69, 9.17) is 4.74 Å². The second-order valence-corrected chi connectivity index (χ2v) is 9.06. The van der Waals surface area contributed by atoms with Crippen molar-refractivity contribution < 1.29 is 14.3 Å². The summed E-state index contributed by atoms with van der Waals surface area (Å²) in [5, 5.41) is 3.91. The Hall–Kier alpha value is -4.01. The van der Waals surface area contributed by atoms with E-state index in [1.165, 1.54) is 7.11 Å². The quantitative estimate of drug-likeness (QED) is 0.384. The van der Waals surface area contributed by atoms with Gasteiger partial charge in [-0.15, -0.1) is 0 Å². The van der Waals surface area contributed by atoms with Gasteiger partial charge in [-0.25, -0.2) is 14.4 Å². The van der Waals surface area contributed by atoms with Crippen LogP contribution in [0.15, 0.2) is 59.5 Å². The largest absolute Gasteiger partial charge is 0.467 e. The van der Waals surface area contributed by atoms with E-state index in [0.29, 0.717) is 25.9 Å². The molecule has 5 rings (SSSR count). The number of fused-ring (bicyclic) bond motifs is 2. The summed E-state index contributed by atoms with van der Waals surface area (Å²) in [6, 6.07) is 14.3. The predicted molar refractivity (Wildman–Crippen MR) is 133 cm³/mol. The Morgan fingerprint density at radius 1 is 1.06 bits per heavy atom. The van der Waals surface area contributed by atoms with Crippen molar-refractivity contribution >= 4 is 33.9 Å². The predicted octanol–water partition coefficient (Wildman–Crippen LogP) is 3.50. The van der Waals surface area contributed by atoms with Gasteiger partial charge in [0.2, 0.25) is 0 Å². The number of methoxy groups -OCH3 is 1. The van der Waals surface area contributed by atoms with Crippen LogP contribution in [0.1, 0.15) is 37.3 Å². The smallest absolute Gasteiger partial charge is 0.329 e. The zero-order chi connectivity index (χ0) is 24.5. The average Bonchev–Trinajstić information content (AvgIpc) is 3.46. The second-order valence-electron chi connectivity index (χ2n) is 9.06. The van der Waals surface area contributed by atoms with E-state index in [0.717, 1.165) is 27.5 Å². The molecule has 0 bridgehead atoms. The number of imidazole rings is 1. The topological polar surface area (TPSA) is 112 Å². The number of aromatic amines is 2. The maximum Gasteiger partial charge on any atom is 0.329 e. The first-order valence-corrected chi connectivity index (χ1v) is 11.9. The van der Waals surface area contributed by atoms with E-state index < -0.39 is 12.0 Å². The summed E-state index contributed by atoms with van der Waals surface area (Å²) in [4.78, 5) is 46.2. The second kappa shape index (κ2) is 9.32. The molecule has 3 heterocycles. The standard InChI is InChI=1S/C26H29N5O4/c1-16(19-15-27-20-8-4-3-7-18(19)20)23(24(32)35-2)29-25(33)30-13-11-17(12-14-30)31-22-10-6-5-9-21(22)28-26(31)34/h3-10,15-17,23,27H,11-14H2,1-2H3,(H,28,34)(H,29,33)/t16-,23+/m0/s1. The summed E-state index contributed by atoms with van der Waals surface area (Å²) in [5.41, 5.74) is 3.46. The fraction of sp³-hybridized carbons (Fsp3) is 0.346. The molecule has 1 saturated heterocycles. The minimum atomic E-state index is -0.833. The molecular formula is C26H29N5O4. The number of rotatable bonds is 5. The number of piperidine rings is 1. The van der Waals surface area contributed by atoms with Gasteiger partial charge in [0.15, 0.2) is 0 Å². The Bertz CT molecular complexity index is 1430. The first kappa shape index (κ1) is 22.8. The molecule has 0 aliphatic carbocycles. The van der Waals surface area contributed by atoms with Gasteiger partial charge in [0.1, 0.15) is 6.04 Å². The molecule has 1 fully saturated rings. The molecule has 1 aliphatic heterocycles. The highest BCUT2D eigenvalue weighted by molar-refractivity contribution is 5.88. The number of carbonyl (C=O) groups is 2. The van der Waals surface area contributed by atoms with Gasteiger partial charge < -0.3 is 24.9 Å². The fourth-order valence-electron chi connectivity index (χ4n) is 5.15. The number of hydrogen-bond acceptors (Lipinski definition) is 4. The Labute approximate surface area is 202 Å². The monoisotopic (exact) mass is 475 g/mol. The highest BCUT2D eigenvalue weighted by Gasteiger charge is 2.33. The van der Waals surface area contributed by atoms with Gasteiger partial charge in [0.25, 0.3) is 0 Å². The van der Waals surface area contributed by atoms with Gasteiger partial charge in [0.05, 0.1) is 18.1 Å². The number of esters is 1. The van der Waals surface area contributed by atoms with E-state index in [1.54, 1.807) is 9.47 Å². The third-order valence-corrected chi connectivity index (χ3v) is 7.09. The van der Waals surface area contributed by atoms with Crippen LogP contribution in [0.3, 0.4) is 0 Å². The highest BCUT2D eigenvalue weighted by Crippen LogP contribution is 2.29. The molecule has 182 valence electrons. The molecule has 0 saturated carbocycles. The van der Waals surface area contributed by atoms with Gasteiger partial charge in [-0.1, -0.05) is 37.3 Å². The average molecular weight is 476 g/mol. The molecule has 1 aliphatic rings. The molecule has 3 N–H and O–H groups in total. The minimum absolute atomic E-state index is 0.00393. The number of amides is 2. The van der Waals surface area contributed by atoms with E-state index in [1.807, 2.05) is 61.7 Å². The highest BCUT2D eigenvalue weighted by atomic mass is 16.5. The number of nitrogens with one attached hydrogen (secondary N) is 3. The zero-order valence-corrected chi connectivity index (χ0v) is 19.8. The summed E-state index contributed by atoms with van der Waals surface area (Å²) in [6.45, 7) is 2.88. The third kappa shape index (κ3) is 4.18. The molecule has 2 aromatic carbocycles. The minimum Gasteiger partial charge on any atom is -0.467 e. The molecule has 4 aromatic rings. The van der Waals surface area contributed by atoms with Crippen molar-refractivity contribution in [2.24, 2.45) is 0 Å². The maximum atomic E-state index is 13.2. The molecular weight excluding hydrogens is 446 g/mol. The molecule has 0 radical (unpaired) electrons. The molecule has 9 heteroatoms. The number of carbonyl (C=O) groups excluding carboxylic acids is 2. The van der Waals surface area contributed by atoms with Crippen LogP contribution in [-0.2, 0) is 9.53 Å². The molecule has 0 spiro atoms. The summed E-state index contributed by atoms with van der Waals surface area (Å²) in [5.74, 6) is -0.791. The number of para-hydroxylation sites is 3. The summed E-state index contributed by atoms with van der Waals surface area (Å²) >= 11 is 0. The number of urea groups is 1. The number of ether oxygens (including phenoxy) is 1. The molecule has 2 aromatic heterocycles. The number of H-pyrrole nitrogens is 2. The summed E-state index contributed by atoms with van der Waals surface area (Å²) in [6.07, 6.45) is 3.17. The van der Waals surface area contributed by atoms with Crippen molar-refractivity contribution in [3.63, 3.8) is 0 Å². The van der Waals surface area contributed by atoms with Crippen molar-refractivity contribution in [2.45, 2.75) is 37.8 Å². The number of likely N-dealkylation sites (tertiary alicyclic amines) is 1. The first-order valence-electron chi connectivity index (χ1n) is 11.9. The van der Waals surface area contributed by atoms with Crippen LogP contribution in [-0.4, -0.2) is 57.7 Å². The van der Waals surface area contributed by atoms with Gasteiger partial charge in [-0.2, -0.15) is 0 Å². The molecule has 9 nitrogen and oxygen atoms in total. The van der Waals surface area contributed by atoms with Crippen LogP contribution in [0, 0.1) is 0 Å². The lowest BCUT2D eigenvalue weighted by Gasteiger charge is -2.34. The first-order chi connectivity index (χ1) is 17.0. The van der Waals surface area contributed by atoms with E-state index >= 15 is 0 Å². The molecule has 35 heavy (non-hydrogen) atoms. The zero-order valence-electron chi connectivity index (χ0n) is 19.8. The normalized spacial score (nSPS) is 16.3. The fourth-order valence-corrected chi connectivity index (χ4v) is 5.15. The molecule has 2 atom stereocenters. The number of nitrogens with zero attached hydrogens (tertiary/aromatic N) is 2. The molecule has 2 amide bonds. The Kier molecular flexibility index (Phi) is 6.07. The molecule has 0 unspecified atom stereocenters. The summed E-state index contributed by atoms with van der Waals surface area (Å²) in [7, 11) is 1.33.